The maximum atomic E-state index is 12.5. The van der Waals surface area contributed by atoms with E-state index < -0.39 is 5.60 Å². The van der Waals surface area contributed by atoms with Crippen molar-refractivity contribution in [2.45, 2.75) is 45.6 Å². The fraction of sp³-hybridized carbons (Fsp3) is 0.571. The Morgan fingerprint density at radius 3 is 2.46 bits per heavy atom. The summed E-state index contributed by atoms with van der Waals surface area (Å²) in [5, 5.41) is 2.78. The molecule has 7 heteroatoms. The molecule has 3 amide bonds. The summed E-state index contributed by atoms with van der Waals surface area (Å²) in [5.41, 5.74) is 1.57. The number of ether oxygens (including phenoxy) is 1. The maximum Gasteiger partial charge on any atom is 0.410 e. The van der Waals surface area contributed by atoms with Gasteiger partial charge in [0.05, 0.1) is 6.54 Å². The van der Waals surface area contributed by atoms with Gasteiger partial charge >= 0.3 is 6.09 Å². The Balaban J connectivity index is 1.44. The van der Waals surface area contributed by atoms with Crippen molar-refractivity contribution < 1.29 is 19.1 Å². The number of piperidine rings is 1. The summed E-state index contributed by atoms with van der Waals surface area (Å²) < 4.78 is 5.37. The third-order valence-corrected chi connectivity index (χ3v) is 5.12. The van der Waals surface area contributed by atoms with E-state index in [1.807, 2.05) is 45.0 Å². The number of nitrogens with zero attached hydrogens (tertiary/aromatic N) is 2. The van der Waals surface area contributed by atoms with Crippen molar-refractivity contribution in [3.63, 3.8) is 0 Å². The molecule has 0 unspecified atom stereocenters. The van der Waals surface area contributed by atoms with Crippen molar-refractivity contribution in [2.24, 2.45) is 5.92 Å². The highest BCUT2D eigenvalue weighted by molar-refractivity contribution is 5.98. The van der Waals surface area contributed by atoms with Crippen molar-refractivity contribution in [3.05, 3.63) is 29.8 Å². The molecule has 0 atom stereocenters. The molecule has 7 nitrogen and oxygen atoms in total. The summed E-state index contributed by atoms with van der Waals surface area (Å²) >= 11 is 0. The van der Waals surface area contributed by atoms with Crippen LogP contribution in [-0.4, -0.2) is 54.6 Å². The van der Waals surface area contributed by atoms with Crippen LogP contribution in [0.4, 0.5) is 10.5 Å². The molecule has 0 radical (unpaired) electrons. The first-order valence-corrected chi connectivity index (χ1v) is 9.88. The molecule has 0 spiro atoms. The van der Waals surface area contributed by atoms with E-state index in [2.05, 4.69) is 5.32 Å². The van der Waals surface area contributed by atoms with Gasteiger partial charge in [-0.3, -0.25) is 9.59 Å². The van der Waals surface area contributed by atoms with Crippen LogP contribution in [0.1, 0.15) is 39.2 Å². The third-order valence-electron chi connectivity index (χ3n) is 5.12. The second kappa shape index (κ2) is 8.20. The summed E-state index contributed by atoms with van der Waals surface area (Å²) in [6.07, 6.45) is 1.66. The zero-order valence-corrected chi connectivity index (χ0v) is 16.9. The van der Waals surface area contributed by atoms with Crippen molar-refractivity contribution in [2.75, 3.05) is 31.1 Å². The minimum absolute atomic E-state index is 0.000548. The molecule has 3 rings (SSSR count). The Hall–Kier alpha value is -2.57. The van der Waals surface area contributed by atoms with Crippen molar-refractivity contribution in [3.8, 4) is 0 Å². The van der Waals surface area contributed by atoms with Gasteiger partial charge in [0.25, 0.3) is 0 Å². The molecule has 1 N–H and O–H groups in total. The van der Waals surface area contributed by atoms with E-state index in [1.165, 1.54) is 0 Å². The van der Waals surface area contributed by atoms with Gasteiger partial charge in [0.1, 0.15) is 5.60 Å². The summed E-state index contributed by atoms with van der Waals surface area (Å²) in [6, 6.07) is 7.85. The van der Waals surface area contributed by atoms with Gasteiger partial charge in [-0.15, -0.1) is 0 Å². The standard InChI is InChI=1S/C21H29N3O4/c1-21(2,3)28-20(27)23-11-8-16(9-12-23)19(26)22-14-18(25)24-13-10-15-6-4-5-7-17(15)24/h4-7,16H,8-14H2,1-3H3,(H,22,26). The van der Waals surface area contributed by atoms with Crippen LogP contribution < -0.4 is 10.2 Å². The molecule has 2 aliphatic rings. The number of carbonyl (C=O) groups is 3. The smallest absolute Gasteiger partial charge is 0.410 e. The maximum absolute atomic E-state index is 12.5. The van der Waals surface area contributed by atoms with Gasteiger partial charge in [0.15, 0.2) is 0 Å². The molecule has 0 aromatic heterocycles. The topological polar surface area (TPSA) is 79.0 Å². The van der Waals surface area contributed by atoms with Crippen LogP contribution in [0.3, 0.4) is 0 Å². The first-order valence-electron chi connectivity index (χ1n) is 9.88. The van der Waals surface area contributed by atoms with Crippen molar-refractivity contribution >= 4 is 23.6 Å². The van der Waals surface area contributed by atoms with Gasteiger partial charge in [0.2, 0.25) is 11.8 Å². The number of nitrogens with one attached hydrogen (secondary N) is 1. The molecule has 1 aromatic rings. The summed E-state index contributed by atoms with van der Waals surface area (Å²) in [5.74, 6) is -0.397. The van der Waals surface area contributed by atoms with Gasteiger partial charge < -0.3 is 19.9 Å². The number of benzene rings is 1. The van der Waals surface area contributed by atoms with Crippen LogP contribution >= 0.6 is 0 Å². The number of rotatable bonds is 3. The lowest BCUT2D eigenvalue weighted by molar-refractivity contribution is -0.128. The van der Waals surface area contributed by atoms with E-state index in [9.17, 15) is 14.4 Å². The molecule has 152 valence electrons. The van der Waals surface area contributed by atoms with Gasteiger partial charge in [-0.2, -0.15) is 0 Å². The number of fused-ring (bicyclic) bond motifs is 1. The molecular weight excluding hydrogens is 358 g/mol. The normalized spacial score (nSPS) is 17.2. The Morgan fingerprint density at radius 2 is 1.79 bits per heavy atom. The quantitative estimate of drug-likeness (QED) is 0.863. The fourth-order valence-corrected chi connectivity index (χ4v) is 3.65. The average molecular weight is 387 g/mol. The molecule has 28 heavy (non-hydrogen) atoms. The Morgan fingerprint density at radius 1 is 1.11 bits per heavy atom. The van der Waals surface area contributed by atoms with E-state index in [1.54, 1.807) is 9.80 Å². The lowest BCUT2D eigenvalue weighted by atomic mass is 9.96. The predicted octanol–water partition coefficient (Wildman–Crippen LogP) is 2.34. The minimum atomic E-state index is -0.528. The fourth-order valence-electron chi connectivity index (χ4n) is 3.65. The highest BCUT2D eigenvalue weighted by atomic mass is 16.6. The molecule has 2 aliphatic heterocycles. The van der Waals surface area contributed by atoms with Crippen LogP contribution in [0, 0.1) is 5.92 Å². The molecule has 0 aliphatic carbocycles. The Labute approximate surface area is 166 Å². The zero-order chi connectivity index (χ0) is 20.3. The molecule has 0 bridgehead atoms. The molecule has 1 aromatic carbocycles. The van der Waals surface area contributed by atoms with E-state index in [0.717, 1.165) is 17.7 Å². The van der Waals surface area contributed by atoms with Crippen molar-refractivity contribution in [1.29, 1.82) is 0 Å². The molecule has 2 heterocycles. The number of hydrogen-bond donors (Lipinski definition) is 1. The molecule has 1 fully saturated rings. The second-order valence-electron chi connectivity index (χ2n) is 8.38. The second-order valence-corrected chi connectivity index (χ2v) is 8.38. The Kier molecular flexibility index (Phi) is 5.91. The Bertz CT molecular complexity index is 748. The molecule has 0 saturated carbocycles. The summed E-state index contributed by atoms with van der Waals surface area (Å²) in [7, 11) is 0. The number of likely N-dealkylation sites (tertiary alicyclic amines) is 1. The lowest BCUT2D eigenvalue weighted by Crippen LogP contribution is -2.46. The van der Waals surface area contributed by atoms with Crippen molar-refractivity contribution in [1.82, 2.24) is 10.2 Å². The number of anilines is 1. The minimum Gasteiger partial charge on any atom is -0.444 e. The highest BCUT2D eigenvalue weighted by Gasteiger charge is 2.30. The van der Waals surface area contributed by atoms with E-state index in [4.69, 9.17) is 4.74 Å². The van der Waals surface area contributed by atoms with E-state index in [0.29, 0.717) is 32.5 Å². The zero-order valence-electron chi connectivity index (χ0n) is 16.9. The van der Waals surface area contributed by atoms with Gasteiger partial charge in [-0.25, -0.2) is 4.79 Å². The summed E-state index contributed by atoms with van der Waals surface area (Å²) in [4.78, 5) is 40.4. The molecular formula is C21H29N3O4. The van der Waals surface area contributed by atoms with Gasteiger partial charge in [-0.1, -0.05) is 18.2 Å². The molecule has 1 saturated heterocycles. The number of para-hydroxylation sites is 1. The van der Waals surface area contributed by atoms with Crippen LogP contribution in [0.5, 0.6) is 0 Å². The lowest BCUT2D eigenvalue weighted by Gasteiger charge is -2.33. The van der Waals surface area contributed by atoms with Crippen LogP contribution in [0.25, 0.3) is 0 Å². The third kappa shape index (κ3) is 4.82. The number of carbonyl (C=O) groups excluding carboxylic acids is 3. The summed E-state index contributed by atoms with van der Waals surface area (Å²) in [6.45, 7) is 7.13. The van der Waals surface area contributed by atoms with Crippen LogP contribution in [-0.2, 0) is 20.7 Å². The van der Waals surface area contributed by atoms with E-state index in [-0.39, 0.29) is 30.4 Å². The highest BCUT2D eigenvalue weighted by Crippen LogP contribution is 2.27. The average Bonchev–Trinajstić information content (AvgIpc) is 3.09. The number of hydrogen-bond acceptors (Lipinski definition) is 4. The first kappa shape index (κ1) is 20.2. The van der Waals surface area contributed by atoms with Gasteiger partial charge in [0, 0.05) is 31.2 Å². The van der Waals surface area contributed by atoms with Gasteiger partial charge in [-0.05, 0) is 51.7 Å². The first-order chi connectivity index (χ1) is 13.2. The number of amides is 3. The van der Waals surface area contributed by atoms with E-state index >= 15 is 0 Å². The SMILES string of the molecule is CC(C)(C)OC(=O)N1CCC(C(=O)NCC(=O)N2CCc3ccccc32)CC1. The van der Waals surface area contributed by atoms with Crippen LogP contribution in [0.2, 0.25) is 0 Å². The van der Waals surface area contributed by atoms with Crippen LogP contribution in [0.15, 0.2) is 24.3 Å². The largest absolute Gasteiger partial charge is 0.444 e. The monoisotopic (exact) mass is 387 g/mol. The predicted molar refractivity (Wildman–Crippen MR) is 106 cm³/mol.